The molecule has 0 aromatic heterocycles. The van der Waals surface area contributed by atoms with Gasteiger partial charge < -0.3 is 15.5 Å². The molecule has 1 amide bonds. The molecule has 1 aromatic rings. The molecule has 0 spiro atoms. The lowest BCUT2D eigenvalue weighted by Gasteiger charge is -2.33. The Kier molecular flexibility index (Phi) is 3.26. The lowest BCUT2D eigenvalue weighted by Crippen LogP contribution is -2.44. The molecule has 0 radical (unpaired) electrons. The van der Waals surface area contributed by atoms with Gasteiger partial charge in [0, 0.05) is 17.1 Å². The second-order valence-electron chi connectivity index (χ2n) is 4.88. The first-order valence-corrected chi connectivity index (χ1v) is 7.09. The van der Waals surface area contributed by atoms with Crippen molar-refractivity contribution >= 4 is 33.2 Å². The molecular formula is C13H16BrN3O. The predicted molar refractivity (Wildman–Crippen MR) is 76.0 cm³/mol. The molecule has 18 heavy (non-hydrogen) atoms. The summed E-state index contributed by atoms with van der Waals surface area (Å²) in [6.07, 6.45) is 2.43. The van der Waals surface area contributed by atoms with E-state index in [-0.39, 0.29) is 5.91 Å². The number of rotatable bonds is 2. The number of fused-ring (bicyclic) bond motifs is 1. The first-order valence-electron chi connectivity index (χ1n) is 6.30. The molecule has 2 N–H and O–H groups in total. The topological polar surface area (TPSA) is 44.4 Å². The molecule has 4 nitrogen and oxygen atoms in total. The lowest BCUT2D eigenvalue weighted by atomic mass is 10.1. The molecule has 1 saturated heterocycles. The lowest BCUT2D eigenvalue weighted by molar-refractivity contribution is -0.115. The summed E-state index contributed by atoms with van der Waals surface area (Å²) in [5.74, 6) is 0.0681. The highest BCUT2D eigenvalue weighted by Gasteiger charge is 2.25. The van der Waals surface area contributed by atoms with Crippen LogP contribution in [0, 0.1) is 0 Å². The van der Waals surface area contributed by atoms with Gasteiger partial charge in [-0.1, -0.05) is 15.9 Å². The normalized spacial score (nSPS) is 22.8. The summed E-state index contributed by atoms with van der Waals surface area (Å²) in [5, 5.41) is 6.40. The predicted octanol–water partition coefficient (Wildman–Crippen LogP) is 1.96. The van der Waals surface area contributed by atoms with Gasteiger partial charge >= 0.3 is 0 Å². The Morgan fingerprint density at radius 2 is 2.33 bits per heavy atom. The van der Waals surface area contributed by atoms with E-state index in [0.717, 1.165) is 28.9 Å². The zero-order chi connectivity index (χ0) is 12.5. The van der Waals surface area contributed by atoms with Crippen molar-refractivity contribution in [1.82, 2.24) is 5.32 Å². The third-order valence-electron chi connectivity index (χ3n) is 3.51. The molecule has 96 valence electrons. The molecule has 1 unspecified atom stereocenters. The minimum absolute atomic E-state index is 0.0681. The molecule has 0 bridgehead atoms. The average Bonchev–Trinajstić information content (AvgIpc) is 2.80. The second kappa shape index (κ2) is 4.90. The second-order valence-corrected chi connectivity index (χ2v) is 5.80. The van der Waals surface area contributed by atoms with Crippen LogP contribution < -0.4 is 15.5 Å². The number of halogens is 1. The molecule has 1 aromatic carbocycles. The standard InChI is InChI=1S/C13H16BrN3O/c14-9-3-4-12-11(6-9)16-13(18)8-17(12)7-10-2-1-5-15-10/h3-4,6,10,15H,1-2,5,7-8H2,(H,16,18). The monoisotopic (exact) mass is 309 g/mol. The van der Waals surface area contributed by atoms with Crippen molar-refractivity contribution in [3.8, 4) is 0 Å². The van der Waals surface area contributed by atoms with Crippen molar-refractivity contribution in [3.05, 3.63) is 22.7 Å². The van der Waals surface area contributed by atoms with Crippen molar-refractivity contribution in [2.45, 2.75) is 18.9 Å². The third kappa shape index (κ3) is 2.37. The van der Waals surface area contributed by atoms with Gasteiger partial charge in [-0.3, -0.25) is 4.79 Å². The van der Waals surface area contributed by atoms with Crippen LogP contribution in [0.3, 0.4) is 0 Å². The van der Waals surface area contributed by atoms with Crippen LogP contribution in [0.15, 0.2) is 22.7 Å². The van der Waals surface area contributed by atoms with Crippen molar-refractivity contribution in [2.75, 3.05) is 29.9 Å². The van der Waals surface area contributed by atoms with E-state index >= 15 is 0 Å². The third-order valence-corrected chi connectivity index (χ3v) is 4.00. The molecule has 3 rings (SSSR count). The molecule has 5 heteroatoms. The summed E-state index contributed by atoms with van der Waals surface area (Å²) in [5.41, 5.74) is 2.02. The fourth-order valence-electron chi connectivity index (χ4n) is 2.67. The summed E-state index contributed by atoms with van der Waals surface area (Å²) in [6, 6.07) is 6.55. The quantitative estimate of drug-likeness (QED) is 0.878. The largest absolute Gasteiger partial charge is 0.359 e. The zero-order valence-electron chi connectivity index (χ0n) is 10.1. The molecule has 2 heterocycles. The first-order chi connectivity index (χ1) is 8.72. The van der Waals surface area contributed by atoms with Crippen LogP contribution >= 0.6 is 15.9 Å². The zero-order valence-corrected chi connectivity index (χ0v) is 11.7. The average molecular weight is 310 g/mol. The van der Waals surface area contributed by atoms with Crippen LogP contribution in [0.5, 0.6) is 0 Å². The minimum Gasteiger partial charge on any atom is -0.359 e. The highest BCUT2D eigenvalue weighted by Crippen LogP contribution is 2.32. The fraction of sp³-hybridized carbons (Fsp3) is 0.462. The van der Waals surface area contributed by atoms with E-state index in [0.29, 0.717) is 12.6 Å². The summed E-state index contributed by atoms with van der Waals surface area (Å²) in [4.78, 5) is 13.9. The smallest absolute Gasteiger partial charge is 0.243 e. The Morgan fingerprint density at radius 3 is 3.11 bits per heavy atom. The number of anilines is 2. The molecule has 2 aliphatic heterocycles. The highest BCUT2D eigenvalue weighted by atomic mass is 79.9. The molecular weight excluding hydrogens is 294 g/mol. The van der Waals surface area contributed by atoms with E-state index in [1.165, 1.54) is 12.8 Å². The molecule has 0 saturated carbocycles. The minimum atomic E-state index is 0.0681. The Hall–Kier alpha value is -1.07. The molecule has 1 fully saturated rings. The Morgan fingerprint density at radius 1 is 1.44 bits per heavy atom. The van der Waals surface area contributed by atoms with E-state index in [1.54, 1.807) is 0 Å². The van der Waals surface area contributed by atoms with Crippen LogP contribution in [0.2, 0.25) is 0 Å². The maximum absolute atomic E-state index is 11.7. The van der Waals surface area contributed by atoms with Gasteiger partial charge in [-0.2, -0.15) is 0 Å². The number of nitrogens with one attached hydrogen (secondary N) is 2. The van der Waals surface area contributed by atoms with Gasteiger partial charge in [0.2, 0.25) is 5.91 Å². The van der Waals surface area contributed by atoms with Gasteiger partial charge in [0.05, 0.1) is 17.9 Å². The maximum atomic E-state index is 11.7. The Balaban J connectivity index is 1.84. The van der Waals surface area contributed by atoms with Gasteiger partial charge in [-0.15, -0.1) is 0 Å². The van der Waals surface area contributed by atoms with Crippen LogP contribution in [0.1, 0.15) is 12.8 Å². The van der Waals surface area contributed by atoms with E-state index in [1.807, 2.05) is 12.1 Å². The fourth-order valence-corrected chi connectivity index (χ4v) is 3.03. The van der Waals surface area contributed by atoms with Crippen molar-refractivity contribution in [3.63, 3.8) is 0 Å². The summed E-state index contributed by atoms with van der Waals surface area (Å²) >= 11 is 3.44. The van der Waals surface area contributed by atoms with E-state index < -0.39 is 0 Å². The van der Waals surface area contributed by atoms with Gasteiger partial charge in [-0.25, -0.2) is 0 Å². The summed E-state index contributed by atoms with van der Waals surface area (Å²) in [6.45, 7) is 2.45. The van der Waals surface area contributed by atoms with E-state index in [4.69, 9.17) is 0 Å². The van der Waals surface area contributed by atoms with Gasteiger partial charge in [0.1, 0.15) is 0 Å². The van der Waals surface area contributed by atoms with Crippen LogP contribution in [0.25, 0.3) is 0 Å². The van der Waals surface area contributed by atoms with Gasteiger partial charge in [-0.05, 0) is 37.6 Å². The number of hydrogen-bond acceptors (Lipinski definition) is 3. The van der Waals surface area contributed by atoms with Crippen molar-refractivity contribution in [2.24, 2.45) is 0 Å². The van der Waals surface area contributed by atoms with E-state index in [9.17, 15) is 4.79 Å². The van der Waals surface area contributed by atoms with Crippen LogP contribution in [-0.4, -0.2) is 31.6 Å². The number of benzene rings is 1. The summed E-state index contributed by atoms with van der Waals surface area (Å²) < 4.78 is 0.988. The Bertz CT molecular complexity index is 471. The van der Waals surface area contributed by atoms with Crippen molar-refractivity contribution in [1.29, 1.82) is 0 Å². The SMILES string of the molecule is O=C1CN(CC2CCCN2)c2ccc(Br)cc2N1. The molecule has 0 aliphatic carbocycles. The maximum Gasteiger partial charge on any atom is 0.243 e. The number of amides is 1. The highest BCUT2D eigenvalue weighted by molar-refractivity contribution is 9.10. The number of carbonyl (C=O) groups excluding carboxylic acids is 1. The Labute approximate surface area is 115 Å². The number of nitrogens with zero attached hydrogens (tertiary/aromatic N) is 1. The molecule has 2 aliphatic rings. The van der Waals surface area contributed by atoms with Crippen LogP contribution in [0.4, 0.5) is 11.4 Å². The first kappa shape index (κ1) is 12.0. The number of carbonyl (C=O) groups is 1. The molecule has 1 atom stereocenters. The van der Waals surface area contributed by atoms with Gasteiger partial charge in [0.25, 0.3) is 0 Å². The van der Waals surface area contributed by atoms with Gasteiger partial charge in [0.15, 0.2) is 0 Å². The number of hydrogen-bond donors (Lipinski definition) is 2. The van der Waals surface area contributed by atoms with Crippen LogP contribution in [-0.2, 0) is 4.79 Å². The summed E-state index contributed by atoms with van der Waals surface area (Å²) in [7, 11) is 0. The van der Waals surface area contributed by atoms with E-state index in [2.05, 4.69) is 37.5 Å². The van der Waals surface area contributed by atoms with Crippen molar-refractivity contribution < 1.29 is 4.79 Å².